The minimum Gasteiger partial charge on any atom is -0.391 e. The van der Waals surface area contributed by atoms with E-state index in [1.807, 2.05) is 0 Å². The monoisotopic (exact) mass is 240 g/mol. The van der Waals surface area contributed by atoms with Crippen LogP contribution in [-0.4, -0.2) is 23.7 Å². The standard InChI is InChI=1S/C12H20N2OS/c1-8(2)6-14(3)12-13-11(9-4-5-9)10(7-15)16-12/h8-9,15H,4-7H2,1-3H3. The Bertz CT molecular complexity index is 358. The van der Waals surface area contributed by atoms with Crippen LogP contribution < -0.4 is 4.90 Å². The highest BCUT2D eigenvalue weighted by atomic mass is 32.1. The molecule has 1 N–H and O–H groups in total. The van der Waals surface area contributed by atoms with Gasteiger partial charge in [-0.25, -0.2) is 4.98 Å². The molecule has 0 aliphatic heterocycles. The van der Waals surface area contributed by atoms with E-state index >= 15 is 0 Å². The summed E-state index contributed by atoms with van der Waals surface area (Å²) < 4.78 is 0. The molecular formula is C12H20N2OS. The van der Waals surface area contributed by atoms with E-state index in [9.17, 15) is 5.11 Å². The topological polar surface area (TPSA) is 36.4 Å². The van der Waals surface area contributed by atoms with Gasteiger partial charge in [0.25, 0.3) is 0 Å². The molecule has 3 nitrogen and oxygen atoms in total. The Labute approximate surface area is 101 Å². The molecule has 0 amide bonds. The average Bonchev–Trinajstić information content (AvgIpc) is 2.96. The predicted octanol–water partition coefficient (Wildman–Crippen LogP) is 2.61. The highest BCUT2D eigenvalue weighted by Crippen LogP contribution is 2.44. The van der Waals surface area contributed by atoms with Crippen LogP contribution in [-0.2, 0) is 6.61 Å². The Morgan fingerprint density at radius 2 is 2.19 bits per heavy atom. The quantitative estimate of drug-likeness (QED) is 0.859. The fourth-order valence-electron chi connectivity index (χ4n) is 1.93. The Morgan fingerprint density at radius 1 is 1.50 bits per heavy atom. The van der Waals surface area contributed by atoms with Crippen molar-refractivity contribution in [2.24, 2.45) is 5.92 Å². The molecule has 1 aliphatic carbocycles. The molecule has 0 saturated heterocycles. The Kier molecular flexibility index (Phi) is 3.50. The molecule has 0 unspecified atom stereocenters. The van der Waals surface area contributed by atoms with Gasteiger partial charge in [0.05, 0.1) is 17.2 Å². The van der Waals surface area contributed by atoms with Gasteiger partial charge in [-0.15, -0.1) is 0 Å². The number of rotatable bonds is 5. The third kappa shape index (κ3) is 2.55. The summed E-state index contributed by atoms with van der Waals surface area (Å²) in [5.74, 6) is 1.26. The highest BCUT2D eigenvalue weighted by Gasteiger charge is 2.29. The largest absolute Gasteiger partial charge is 0.391 e. The number of thiazole rings is 1. The van der Waals surface area contributed by atoms with Crippen molar-refractivity contribution in [1.29, 1.82) is 0 Å². The second-order valence-electron chi connectivity index (χ2n) is 5.01. The van der Waals surface area contributed by atoms with Gasteiger partial charge in [-0.05, 0) is 18.8 Å². The lowest BCUT2D eigenvalue weighted by Crippen LogP contribution is -2.22. The molecule has 1 aromatic rings. The second kappa shape index (κ2) is 4.72. The fraction of sp³-hybridized carbons (Fsp3) is 0.750. The number of anilines is 1. The molecule has 2 rings (SSSR count). The van der Waals surface area contributed by atoms with E-state index in [-0.39, 0.29) is 6.61 Å². The van der Waals surface area contributed by atoms with E-state index in [0.717, 1.165) is 22.2 Å². The van der Waals surface area contributed by atoms with Crippen molar-refractivity contribution in [3.63, 3.8) is 0 Å². The van der Waals surface area contributed by atoms with E-state index in [2.05, 4.69) is 30.8 Å². The van der Waals surface area contributed by atoms with Crippen LogP contribution in [0, 0.1) is 5.92 Å². The minimum absolute atomic E-state index is 0.138. The normalized spacial score (nSPS) is 15.8. The van der Waals surface area contributed by atoms with Gasteiger partial charge < -0.3 is 10.0 Å². The van der Waals surface area contributed by atoms with E-state index in [1.54, 1.807) is 11.3 Å². The fourth-order valence-corrected chi connectivity index (χ4v) is 2.90. The zero-order valence-corrected chi connectivity index (χ0v) is 11.0. The molecule has 1 fully saturated rings. The van der Waals surface area contributed by atoms with Gasteiger partial charge >= 0.3 is 0 Å². The summed E-state index contributed by atoms with van der Waals surface area (Å²) in [4.78, 5) is 7.94. The van der Waals surface area contributed by atoms with E-state index in [4.69, 9.17) is 0 Å². The summed E-state index contributed by atoms with van der Waals surface area (Å²) >= 11 is 1.64. The molecule has 0 radical (unpaired) electrons. The highest BCUT2D eigenvalue weighted by molar-refractivity contribution is 7.15. The molecular weight excluding hydrogens is 220 g/mol. The summed E-state index contributed by atoms with van der Waals surface area (Å²) in [7, 11) is 2.08. The lowest BCUT2D eigenvalue weighted by atomic mass is 10.2. The van der Waals surface area contributed by atoms with Gasteiger partial charge in [-0.3, -0.25) is 0 Å². The number of nitrogens with zero attached hydrogens (tertiary/aromatic N) is 2. The first kappa shape index (κ1) is 11.9. The van der Waals surface area contributed by atoms with Gasteiger partial charge in [0.15, 0.2) is 5.13 Å². The van der Waals surface area contributed by atoms with Crippen molar-refractivity contribution >= 4 is 16.5 Å². The first-order chi connectivity index (χ1) is 7.61. The van der Waals surface area contributed by atoms with Gasteiger partial charge in [0.2, 0.25) is 0 Å². The third-order valence-corrected chi connectivity index (χ3v) is 3.96. The van der Waals surface area contributed by atoms with Crippen LogP contribution >= 0.6 is 11.3 Å². The molecule has 1 aliphatic rings. The van der Waals surface area contributed by atoms with E-state index in [1.165, 1.54) is 12.8 Å². The van der Waals surface area contributed by atoms with Gasteiger partial charge in [-0.2, -0.15) is 0 Å². The number of hydrogen-bond donors (Lipinski definition) is 1. The van der Waals surface area contributed by atoms with Crippen molar-refractivity contribution in [2.75, 3.05) is 18.5 Å². The summed E-state index contributed by atoms with van der Waals surface area (Å²) in [6.07, 6.45) is 2.48. The zero-order valence-electron chi connectivity index (χ0n) is 10.2. The number of hydrogen-bond acceptors (Lipinski definition) is 4. The zero-order chi connectivity index (χ0) is 11.7. The molecule has 90 valence electrons. The van der Waals surface area contributed by atoms with Crippen LogP contribution in [0.3, 0.4) is 0 Å². The van der Waals surface area contributed by atoms with Gasteiger partial charge in [0, 0.05) is 19.5 Å². The predicted molar refractivity (Wildman–Crippen MR) is 68.1 cm³/mol. The number of aromatic nitrogens is 1. The maximum atomic E-state index is 9.32. The molecule has 1 saturated carbocycles. The minimum atomic E-state index is 0.138. The van der Waals surface area contributed by atoms with E-state index in [0.29, 0.717) is 11.8 Å². The second-order valence-corrected chi connectivity index (χ2v) is 6.07. The summed E-state index contributed by atoms with van der Waals surface area (Å²) in [5, 5.41) is 10.4. The van der Waals surface area contributed by atoms with Crippen LogP contribution in [0.4, 0.5) is 5.13 Å². The molecule has 0 aromatic carbocycles. The number of aliphatic hydroxyl groups is 1. The lowest BCUT2D eigenvalue weighted by molar-refractivity contribution is 0.284. The van der Waals surface area contributed by atoms with Crippen molar-refractivity contribution in [2.45, 2.75) is 39.2 Å². The van der Waals surface area contributed by atoms with Crippen LogP contribution in [0.1, 0.15) is 43.2 Å². The molecule has 0 bridgehead atoms. The van der Waals surface area contributed by atoms with Crippen LogP contribution in [0.5, 0.6) is 0 Å². The van der Waals surface area contributed by atoms with Crippen molar-refractivity contribution in [1.82, 2.24) is 4.98 Å². The third-order valence-electron chi connectivity index (χ3n) is 2.79. The summed E-state index contributed by atoms with van der Waals surface area (Å²) in [6, 6.07) is 0. The first-order valence-corrected chi connectivity index (χ1v) is 6.75. The van der Waals surface area contributed by atoms with Crippen LogP contribution in [0.25, 0.3) is 0 Å². The molecule has 1 heterocycles. The average molecular weight is 240 g/mol. The van der Waals surface area contributed by atoms with Crippen molar-refractivity contribution in [3.8, 4) is 0 Å². The SMILES string of the molecule is CC(C)CN(C)c1nc(C2CC2)c(CO)s1. The van der Waals surface area contributed by atoms with Crippen molar-refractivity contribution < 1.29 is 5.11 Å². The Morgan fingerprint density at radius 3 is 2.69 bits per heavy atom. The van der Waals surface area contributed by atoms with E-state index < -0.39 is 0 Å². The first-order valence-electron chi connectivity index (χ1n) is 5.93. The van der Waals surface area contributed by atoms with Gasteiger partial charge in [0.1, 0.15) is 0 Å². The Balaban J connectivity index is 2.14. The summed E-state index contributed by atoms with van der Waals surface area (Å²) in [6.45, 7) is 5.57. The van der Waals surface area contributed by atoms with Crippen LogP contribution in [0.15, 0.2) is 0 Å². The summed E-state index contributed by atoms with van der Waals surface area (Å²) in [5.41, 5.74) is 1.15. The smallest absolute Gasteiger partial charge is 0.185 e. The molecule has 1 aromatic heterocycles. The molecule has 0 atom stereocenters. The van der Waals surface area contributed by atoms with Gasteiger partial charge in [-0.1, -0.05) is 25.2 Å². The van der Waals surface area contributed by atoms with Crippen LogP contribution in [0.2, 0.25) is 0 Å². The maximum Gasteiger partial charge on any atom is 0.185 e. The molecule has 4 heteroatoms. The molecule has 0 spiro atoms. The maximum absolute atomic E-state index is 9.32. The Hall–Kier alpha value is -0.610. The number of aliphatic hydroxyl groups excluding tert-OH is 1. The molecule has 16 heavy (non-hydrogen) atoms. The lowest BCUT2D eigenvalue weighted by Gasteiger charge is -2.17. The van der Waals surface area contributed by atoms with Crippen molar-refractivity contribution in [3.05, 3.63) is 10.6 Å².